The average molecular weight is 281 g/mol. The molecule has 3 heteroatoms. The molecule has 3 unspecified atom stereocenters. The minimum Gasteiger partial charge on any atom is -0.314 e. The maximum Gasteiger partial charge on any atom is 0.0409 e. The quantitative estimate of drug-likeness (QED) is 0.901. The number of piperidine rings is 1. The number of hydrogen-bond acceptors (Lipinski definition) is 2. The summed E-state index contributed by atoms with van der Waals surface area (Å²) in [5.41, 5.74) is 1.32. The second-order valence-corrected chi connectivity index (χ2v) is 6.03. The Morgan fingerprint density at radius 2 is 2.26 bits per heavy atom. The molecular weight excluding hydrogens is 256 g/mol. The molecule has 2 nitrogen and oxygen atoms in total. The number of rotatable bonds is 4. The smallest absolute Gasteiger partial charge is 0.0409 e. The fourth-order valence-electron chi connectivity index (χ4n) is 3.20. The van der Waals surface area contributed by atoms with Crippen LogP contribution < -0.4 is 5.32 Å². The van der Waals surface area contributed by atoms with Gasteiger partial charge in [0.05, 0.1) is 0 Å². The third-order valence-electron chi connectivity index (χ3n) is 4.25. The second-order valence-electron chi connectivity index (χ2n) is 5.60. The van der Waals surface area contributed by atoms with Crippen LogP contribution >= 0.6 is 11.6 Å². The zero-order valence-electron chi connectivity index (χ0n) is 12.2. The van der Waals surface area contributed by atoms with E-state index in [0.29, 0.717) is 18.1 Å². The predicted octanol–water partition coefficient (Wildman–Crippen LogP) is 3.86. The van der Waals surface area contributed by atoms with Gasteiger partial charge in [-0.2, -0.15) is 0 Å². The fraction of sp³-hybridized carbons (Fsp3) is 0.625. The van der Waals surface area contributed by atoms with Crippen LogP contribution in [0.1, 0.15) is 45.2 Å². The Labute approximate surface area is 122 Å². The predicted molar refractivity (Wildman–Crippen MR) is 82.7 cm³/mol. The van der Waals surface area contributed by atoms with Gasteiger partial charge in [-0.25, -0.2) is 0 Å². The van der Waals surface area contributed by atoms with Crippen LogP contribution in [0, 0.1) is 0 Å². The number of hydrogen-bond donors (Lipinski definition) is 1. The van der Waals surface area contributed by atoms with E-state index >= 15 is 0 Å². The third-order valence-corrected chi connectivity index (χ3v) is 4.48. The molecule has 0 spiro atoms. The third kappa shape index (κ3) is 3.71. The summed E-state index contributed by atoms with van der Waals surface area (Å²) in [6, 6.07) is 10.0. The highest BCUT2D eigenvalue weighted by Gasteiger charge is 2.28. The zero-order valence-corrected chi connectivity index (χ0v) is 13.0. The van der Waals surface area contributed by atoms with Crippen molar-refractivity contribution in [1.29, 1.82) is 0 Å². The van der Waals surface area contributed by atoms with Gasteiger partial charge in [0.25, 0.3) is 0 Å². The van der Waals surface area contributed by atoms with Crippen molar-refractivity contribution in [2.24, 2.45) is 0 Å². The van der Waals surface area contributed by atoms with Gasteiger partial charge < -0.3 is 5.32 Å². The minimum absolute atomic E-state index is 0.441. The zero-order chi connectivity index (χ0) is 13.8. The minimum atomic E-state index is 0.441. The number of nitrogens with one attached hydrogen (secondary N) is 1. The lowest BCUT2D eigenvalue weighted by molar-refractivity contribution is 0.0960. The molecule has 0 amide bonds. The first-order valence-corrected chi connectivity index (χ1v) is 7.74. The monoisotopic (exact) mass is 280 g/mol. The number of likely N-dealkylation sites (tertiary alicyclic amines) is 1. The highest BCUT2D eigenvalue weighted by Crippen LogP contribution is 2.29. The van der Waals surface area contributed by atoms with Gasteiger partial charge in [-0.15, -0.1) is 0 Å². The lowest BCUT2D eigenvalue weighted by atomic mass is 9.94. The molecule has 0 radical (unpaired) electrons. The van der Waals surface area contributed by atoms with Gasteiger partial charge >= 0.3 is 0 Å². The number of nitrogens with zero attached hydrogens (tertiary/aromatic N) is 1. The molecule has 19 heavy (non-hydrogen) atoms. The van der Waals surface area contributed by atoms with Gasteiger partial charge in [0, 0.05) is 29.7 Å². The number of halogens is 1. The molecule has 1 N–H and O–H groups in total. The molecule has 1 aliphatic rings. The first-order chi connectivity index (χ1) is 9.11. The highest BCUT2D eigenvalue weighted by atomic mass is 35.5. The molecule has 106 valence electrons. The fourth-order valence-corrected chi connectivity index (χ4v) is 3.40. The molecule has 1 aromatic rings. The summed E-state index contributed by atoms with van der Waals surface area (Å²) in [4.78, 5) is 2.60. The first kappa shape index (κ1) is 14.8. The molecule has 0 saturated carbocycles. The Morgan fingerprint density at radius 3 is 2.89 bits per heavy atom. The van der Waals surface area contributed by atoms with Gasteiger partial charge in [0.2, 0.25) is 0 Å². The molecule has 0 aliphatic carbocycles. The molecule has 2 rings (SSSR count). The molecular formula is C16H25ClN2. The van der Waals surface area contributed by atoms with E-state index in [9.17, 15) is 0 Å². The van der Waals surface area contributed by atoms with Crippen molar-refractivity contribution in [2.75, 3.05) is 13.1 Å². The van der Waals surface area contributed by atoms with E-state index in [0.717, 1.165) is 18.1 Å². The Morgan fingerprint density at radius 1 is 1.47 bits per heavy atom. The Bertz CT molecular complexity index is 407. The van der Waals surface area contributed by atoms with Crippen molar-refractivity contribution in [3.8, 4) is 0 Å². The van der Waals surface area contributed by atoms with Crippen LogP contribution in [0.5, 0.6) is 0 Å². The molecule has 1 fully saturated rings. The van der Waals surface area contributed by atoms with Crippen molar-refractivity contribution in [2.45, 2.75) is 51.7 Å². The van der Waals surface area contributed by atoms with Crippen LogP contribution in [-0.4, -0.2) is 30.1 Å². The summed E-state index contributed by atoms with van der Waals surface area (Å²) in [5, 5.41) is 4.41. The van der Waals surface area contributed by atoms with E-state index in [4.69, 9.17) is 11.6 Å². The molecule has 0 bridgehead atoms. The second kappa shape index (κ2) is 6.74. The SMILES string of the molecule is CCNC1CCN(C(C)c2cccc(Cl)c2)C(C)C1. The average Bonchev–Trinajstić information content (AvgIpc) is 2.38. The lowest BCUT2D eigenvalue weighted by Crippen LogP contribution is -2.48. The maximum atomic E-state index is 6.10. The molecule has 0 aromatic heterocycles. The summed E-state index contributed by atoms with van der Waals surface area (Å²) >= 11 is 6.10. The Kier molecular flexibility index (Phi) is 5.26. The van der Waals surface area contributed by atoms with Crippen LogP contribution in [0.25, 0.3) is 0 Å². The summed E-state index contributed by atoms with van der Waals surface area (Å²) in [6.45, 7) is 9.04. The highest BCUT2D eigenvalue weighted by molar-refractivity contribution is 6.30. The summed E-state index contributed by atoms with van der Waals surface area (Å²) in [7, 11) is 0. The van der Waals surface area contributed by atoms with Gasteiger partial charge in [-0.1, -0.05) is 30.7 Å². The van der Waals surface area contributed by atoms with Crippen LogP contribution in [0.4, 0.5) is 0 Å². The maximum absolute atomic E-state index is 6.10. The van der Waals surface area contributed by atoms with Crippen molar-refractivity contribution in [1.82, 2.24) is 10.2 Å². The molecule has 1 aliphatic heterocycles. The van der Waals surface area contributed by atoms with Crippen LogP contribution in [0.2, 0.25) is 5.02 Å². The van der Waals surface area contributed by atoms with Gasteiger partial charge in [-0.3, -0.25) is 4.90 Å². The van der Waals surface area contributed by atoms with E-state index in [1.165, 1.54) is 18.4 Å². The standard InChI is InChI=1S/C16H25ClN2/c1-4-18-16-8-9-19(12(2)10-16)13(3)14-6-5-7-15(17)11-14/h5-7,11-13,16,18H,4,8-10H2,1-3H3. The Hall–Kier alpha value is -0.570. The summed E-state index contributed by atoms with van der Waals surface area (Å²) in [5.74, 6) is 0. The first-order valence-electron chi connectivity index (χ1n) is 7.36. The Balaban J connectivity index is 2.02. The van der Waals surface area contributed by atoms with E-state index in [1.54, 1.807) is 0 Å². The van der Waals surface area contributed by atoms with E-state index in [1.807, 2.05) is 12.1 Å². The molecule has 3 atom stereocenters. The normalized spacial score (nSPS) is 26.3. The van der Waals surface area contributed by atoms with Crippen molar-refractivity contribution < 1.29 is 0 Å². The van der Waals surface area contributed by atoms with Gasteiger partial charge in [0.1, 0.15) is 0 Å². The van der Waals surface area contributed by atoms with Crippen molar-refractivity contribution in [3.05, 3.63) is 34.9 Å². The van der Waals surface area contributed by atoms with E-state index in [2.05, 4.69) is 43.1 Å². The van der Waals surface area contributed by atoms with Crippen LogP contribution in [-0.2, 0) is 0 Å². The van der Waals surface area contributed by atoms with Crippen molar-refractivity contribution in [3.63, 3.8) is 0 Å². The topological polar surface area (TPSA) is 15.3 Å². The van der Waals surface area contributed by atoms with E-state index < -0.39 is 0 Å². The summed E-state index contributed by atoms with van der Waals surface area (Å²) < 4.78 is 0. The van der Waals surface area contributed by atoms with Crippen LogP contribution in [0.15, 0.2) is 24.3 Å². The van der Waals surface area contributed by atoms with Gasteiger partial charge in [0.15, 0.2) is 0 Å². The lowest BCUT2D eigenvalue weighted by Gasteiger charge is -2.41. The van der Waals surface area contributed by atoms with Crippen molar-refractivity contribution >= 4 is 11.6 Å². The molecule has 1 aromatic carbocycles. The molecule has 1 saturated heterocycles. The van der Waals surface area contributed by atoms with E-state index in [-0.39, 0.29) is 0 Å². The molecule has 1 heterocycles. The number of benzene rings is 1. The van der Waals surface area contributed by atoms with Gasteiger partial charge in [-0.05, 0) is 50.9 Å². The largest absolute Gasteiger partial charge is 0.314 e. The summed E-state index contributed by atoms with van der Waals surface area (Å²) in [6.07, 6.45) is 2.47. The van der Waals surface area contributed by atoms with Crippen LogP contribution in [0.3, 0.4) is 0 Å².